The second kappa shape index (κ2) is 6.54. The van der Waals surface area contributed by atoms with E-state index >= 15 is 4.39 Å². The normalized spacial score (nSPS) is 30.9. The number of ether oxygens (including phenoxy) is 1. The van der Waals surface area contributed by atoms with E-state index in [-0.39, 0.29) is 30.9 Å². The number of hydrogen-bond acceptors (Lipinski definition) is 6. The summed E-state index contributed by atoms with van der Waals surface area (Å²) in [5, 5.41) is 22.2. The number of carboxylic acid groups (broad SMARTS) is 1. The summed E-state index contributed by atoms with van der Waals surface area (Å²) >= 11 is 0. The van der Waals surface area contributed by atoms with Gasteiger partial charge in [-0.15, -0.1) is 0 Å². The van der Waals surface area contributed by atoms with E-state index < -0.39 is 58.0 Å². The van der Waals surface area contributed by atoms with Crippen molar-refractivity contribution in [2.75, 3.05) is 31.1 Å². The molecular formula is C20H19FN4O4. The Bertz CT molecular complexity index is 1330. The van der Waals surface area contributed by atoms with Crippen LogP contribution in [0, 0.1) is 17.1 Å². The summed E-state index contributed by atoms with van der Waals surface area (Å²) in [6, 6.07) is -0.234. The van der Waals surface area contributed by atoms with E-state index in [0.717, 1.165) is 6.07 Å². The topological polar surface area (TPSA) is 108 Å². The quantitative estimate of drug-likeness (QED) is 0.793. The van der Waals surface area contributed by atoms with Crippen molar-refractivity contribution in [3.8, 4) is 6.07 Å². The van der Waals surface area contributed by atoms with Gasteiger partial charge in [0.1, 0.15) is 23.0 Å². The summed E-state index contributed by atoms with van der Waals surface area (Å²) in [5.41, 5.74) is -3.01. The molecule has 8 nitrogen and oxygen atoms in total. The van der Waals surface area contributed by atoms with Crippen molar-refractivity contribution in [1.82, 2.24) is 9.88 Å². The minimum absolute atomic E-state index is 0.138. The third-order valence-corrected chi connectivity index (χ3v) is 5.46. The molecule has 3 fully saturated rings. The highest BCUT2D eigenvalue weighted by Crippen LogP contribution is 2.40. The number of halogens is 1. The monoisotopic (exact) mass is 403 g/mol. The fourth-order valence-corrected chi connectivity index (χ4v) is 4.12. The van der Waals surface area contributed by atoms with Crippen LogP contribution < -0.4 is 15.6 Å². The Kier molecular flexibility index (Phi) is 3.00. The number of aromatic nitrogens is 1. The Morgan fingerprint density at radius 1 is 1.48 bits per heavy atom. The van der Waals surface area contributed by atoms with Crippen molar-refractivity contribution in [3.05, 3.63) is 39.4 Å². The summed E-state index contributed by atoms with van der Waals surface area (Å²) in [6.07, 6.45) is -5.17. The number of morpholine rings is 1. The zero-order valence-corrected chi connectivity index (χ0v) is 15.0. The van der Waals surface area contributed by atoms with Crippen LogP contribution in [0.2, 0.25) is 0 Å². The highest BCUT2D eigenvalue weighted by molar-refractivity contribution is 5.96. The van der Waals surface area contributed by atoms with Crippen LogP contribution >= 0.6 is 0 Å². The van der Waals surface area contributed by atoms with Crippen LogP contribution in [0.3, 0.4) is 0 Å². The smallest absolute Gasteiger partial charge is 0.341 e. The molecule has 0 radical (unpaired) electrons. The van der Waals surface area contributed by atoms with Crippen LogP contribution in [0.1, 0.15) is 41.5 Å². The predicted octanol–water partition coefficient (Wildman–Crippen LogP) is 1.22. The number of nitriles is 1. The molecule has 9 heteroatoms. The molecule has 150 valence electrons. The van der Waals surface area contributed by atoms with Crippen LogP contribution in [0.5, 0.6) is 0 Å². The Balaban J connectivity index is 1.83. The van der Waals surface area contributed by atoms with Crippen molar-refractivity contribution in [2.24, 2.45) is 0 Å². The molecule has 0 spiro atoms. The second-order valence-electron chi connectivity index (χ2n) is 7.11. The van der Waals surface area contributed by atoms with E-state index in [0.29, 0.717) is 23.9 Å². The van der Waals surface area contributed by atoms with Gasteiger partial charge < -0.3 is 24.6 Å². The average Bonchev–Trinajstić information content (AvgIpc) is 3.08. The number of hydrogen-bond donors (Lipinski definition) is 2. The molecule has 5 rings (SSSR count). The van der Waals surface area contributed by atoms with Crippen molar-refractivity contribution >= 4 is 22.6 Å². The van der Waals surface area contributed by atoms with Gasteiger partial charge in [0.25, 0.3) is 0 Å². The maximum Gasteiger partial charge on any atom is 0.341 e. The molecule has 0 bridgehead atoms. The molecule has 29 heavy (non-hydrogen) atoms. The van der Waals surface area contributed by atoms with Crippen molar-refractivity contribution in [2.45, 2.75) is 30.9 Å². The van der Waals surface area contributed by atoms with E-state index in [2.05, 4.69) is 5.32 Å². The first-order chi connectivity index (χ1) is 15.9. The van der Waals surface area contributed by atoms with Gasteiger partial charge in [-0.3, -0.25) is 4.79 Å². The molecule has 2 aliphatic heterocycles. The van der Waals surface area contributed by atoms with E-state index in [4.69, 9.17) is 11.6 Å². The summed E-state index contributed by atoms with van der Waals surface area (Å²) < 4.78 is 62.4. The molecule has 2 N–H and O–H groups in total. The van der Waals surface area contributed by atoms with E-state index in [1.165, 1.54) is 0 Å². The maximum absolute atomic E-state index is 15.4. The molecule has 2 saturated heterocycles. The van der Waals surface area contributed by atoms with Crippen molar-refractivity contribution in [1.29, 1.82) is 5.26 Å². The Morgan fingerprint density at radius 3 is 2.93 bits per heavy atom. The molecule has 3 aliphatic rings. The van der Waals surface area contributed by atoms with E-state index in [1.807, 2.05) is 6.07 Å². The molecule has 1 aliphatic carbocycles. The summed E-state index contributed by atoms with van der Waals surface area (Å²) in [7, 11) is 0. The van der Waals surface area contributed by atoms with E-state index in [9.17, 15) is 20.0 Å². The van der Waals surface area contributed by atoms with Crippen LogP contribution in [0.25, 0.3) is 10.9 Å². The molecular weight excluding hydrogens is 379 g/mol. The molecule has 1 saturated carbocycles. The highest BCUT2D eigenvalue weighted by atomic mass is 19.1. The number of nitrogens with zero attached hydrogens (tertiary/aromatic N) is 3. The van der Waals surface area contributed by atoms with Crippen molar-refractivity contribution in [3.63, 3.8) is 0 Å². The summed E-state index contributed by atoms with van der Waals surface area (Å²) in [6.45, 7) is 1.56. The van der Waals surface area contributed by atoms with Gasteiger partial charge in [0, 0.05) is 37.3 Å². The second-order valence-corrected chi connectivity index (χ2v) is 7.11. The van der Waals surface area contributed by atoms with Gasteiger partial charge in [-0.1, -0.05) is 0 Å². The Morgan fingerprint density at radius 2 is 2.28 bits per heavy atom. The van der Waals surface area contributed by atoms with Crippen molar-refractivity contribution < 1.29 is 25.9 Å². The lowest BCUT2D eigenvalue weighted by Crippen LogP contribution is -2.47. The SMILES string of the molecule is [2H]C1([2H])C([2H])([2H])C1([2H])n1cc(C(=O)O)c(=O)c2cc(F)c(N3C[C@@H]4NCCO[C@H]4C3)c(C#N)c21. The number of nitrogens with one attached hydrogen (secondary N) is 1. The van der Waals surface area contributed by atoms with Crippen LogP contribution in [-0.4, -0.2) is 54.0 Å². The standard InChI is InChI=1S/C20H19FN4O4/c21-14-5-11-17(25(10-1-2-10)7-13(19(11)26)20(27)28)12(6-22)18(14)24-8-15-16(9-24)29-4-3-23-15/h5,7,10,15-16,23H,1-4,8-9H2,(H,27,28)/t15-,16-/m0/s1/i1D2,2D2,10D. The zero-order valence-electron chi connectivity index (χ0n) is 20.0. The number of rotatable bonds is 3. The number of fused-ring (bicyclic) bond motifs is 2. The summed E-state index contributed by atoms with van der Waals surface area (Å²) in [4.78, 5) is 26.1. The van der Waals surface area contributed by atoms with Crippen LogP contribution in [0.15, 0.2) is 17.1 Å². The van der Waals surface area contributed by atoms with Gasteiger partial charge in [0.05, 0.1) is 36.7 Å². The fourth-order valence-electron chi connectivity index (χ4n) is 4.12. The lowest BCUT2D eigenvalue weighted by atomic mass is 10.0. The molecule has 1 aromatic carbocycles. The van der Waals surface area contributed by atoms with E-state index in [1.54, 1.807) is 4.90 Å². The Labute approximate surface area is 172 Å². The number of aromatic carboxylic acids is 1. The molecule has 0 amide bonds. The third kappa shape index (κ3) is 2.79. The molecule has 3 heterocycles. The first kappa shape index (κ1) is 13.3. The highest BCUT2D eigenvalue weighted by Gasteiger charge is 2.38. The lowest BCUT2D eigenvalue weighted by Gasteiger charge is -2.25. The number of anilines is 1. The maximum atomic E-state index is 15.4. The largest absolute Gasteiger partial charge is 0.477 e. The van der Waals surface area contributed by atoms with Crippen LogP contribution in [0.4, 0.5) is 10.1 Å². The van der Waals surface area contributed by atoms with Gasteiger partial charge in [0.15, 0.2) is 0 Å². The molecule has 2 atom stereocenters. The third-order valence-electron chi connectivity index (χ3n) is 5.46. The molecule has 0 unspecified atom stereocenters. The number of benzene rings is 1. The molecule has 1 aromatic heterocycles. The van der Waals surface area contributed by atoms with Gasteiger partial charge in [-0.05, 0) is 18.8 Å². The fraction of sp³-hybridized carbons (Fsp3) is 0.450. The number of pyridine rings is 1. The van der Waals surface area contributed by atoms with Gasteiger partial charge >= 0.3 is 5.97 Å². The lowest BCUT2D eigenvalue weighted by molar-refractivity contribution is 0.0212. The average molecular weight is 403 g/mol. The number of carboxylic acids is 1. The number of carbonyl (C=O) groups is 1. The first-order valence-corrected chi connectivity index (χ1v) is 9.04. The predicted molar refractivity (Wildman–Crippen MR) is 102 cm³/mol. The minimum Gasteiger partial charge on any atom is -0.477 e. The van der Waals surface area contributed by atoms with Gasteiger partial charge in [0.2, 0.25) is 5.43 Å². The molecule has 2 aromatic rings. The van der Waals surface area contributed by atoms with Crippen LogP contribution in [-0.2, 0) is 4.74 Å². The van der Waals surface area contributed by atoms with Gasteiger partial charge in [-0.2, -0.15) is 5.26 Å². The van der Waals surface area contributed by atoms with Gasteiger partial charge in [-0.25, -0.2) is 9.18 Å². The first-order valence-electron chi connectivity index (χ1n) is 11.5. The Hall–Kier alpha value is -2.96. The summed E-state index contributed by atoms with van der Waals surface area (Å²) in [5.74, 6) is -2.67. The minimum atomic E-state index is -2.78. The zero-order chi connectivity index (χ0) is 24.8.